The third kappa shape index (κ3) is 4.74. The van der Waals surface area contributed by atoms with Crippen LogP contribution in [0.2, 0.25) is 5.02 Å². The second kappa shape index (κ2) is 8.74. The van der Waals surface area contributed by atoms with Crippen molar-refractivity contribution in [2.75, 3.05) is 31.6 Å². The summed E-state index contributed by atoms with van der Waals surface area (Å²) in [4.78, 5) is 16.6. The Bertz CT molecular complexity index is 847. The molecule has 1 saturated carbocycles. The molecule has 6 heteroatoms. The summed E-state index contributed by atoms with van der Waals surface area (Å²) in [6.07, 6.45) is 0.752. The van der Waals surface area contributed by atoms with E-state index in [2.05, 4.69) is 4.90 Å². The van der Waals surface area contributed by atoms with Crippen molar-refractivity contribution in [3.05, 3.63) is 59.6 Å². The number of likely N-dealkylation sites (tertiary alicyclic amines) is 1. The first-order valence-corrected chi connectivity index (χ1v) is 10.5. The van der Waals surface area contributed by atoms with Crippen LogP contribution in [0.15, 0.2) is 54.6 Å². The Hall–Kier alpha value is -2.08. The highest BCUT2D eigenvalue weighted by atomic mass is 35.5. The molecule has 1 N–H and O–H groups in total. The van der Waals surface area contributed by atoms with Crippen LogP contribution >= 0.6 is 11.6 Å². The molecule has 2 aliphatic rings. The lowest BCUT2D eigenvalue weighted by atomic mass is 9.78. The maximum Gasteiger partial charge on any atom is 0.240 e. The number of rotatable bonds is 5. The number of benzene rings is 2. The molecule has 1 heterocycles. The molecule has 154 valence electrons. The van der Waals surface area contributed by atoms with E-state index >= 15 is 0 Å². The molecule has 4 atom stereocenters. The second-order valence-corrected chi connectivity index (χ2v) is 8.59. The fourth-order valence-electron chi connectivity index (χ4n) is 4.55. The van der Waals surface area contributed by atoms with Gasteiger partial charge in [0.1, 0.15) is 11.9 Å². The first kappa shape index (κ1) is 20.2. The fraction of sp³-hybridized carbons (Fsp3) is 0.435. The minimum atomic E-state index is -0.502. The van der Waals surface area contributed by atoms with Gasteiger partial charge in [0.15, 0.2) is 0 Å². The van der Waals surface area contributed by atoms with E-state index in [0.717, 1.165) is 25.2 Å². The van der Waals surface area contributed by atoms with E-state index in [-0.39, 0.29) is 12.0 Å². The Morgan fingerprint density at radius 2 is 1.86 bits per heavy atom. The van der Waals surface area contributed by atoms with Gasteiger partial charge >= 0.3 is 0 Å². The van der Waals surface area contributed by atoms with E-state index in [9.17, 15) is 9.90 Å². The van der Waals surface area contributed by atoms with E-state index < -0.39 is 6.10 Å². The average molecular weight is 415 g/mol. The highest BCUT2D eigenvalue weighted by Gasteiger charge is 2.43. The highest BCUT2D eigenvalue weighted by molar-refractivity contribution is 6.30. The SMILES string of the molecule is CN(C(=O)CN1C[C@H]2C[C@@H](Oc3cccc(Cl)c3)[C@H](O)C[C@H]2C1)c1ccccc1. The quantitative estimate of drug-likeness (QED) is 0.814. The molecule has 4 rings (SSSR count). The largest absolute Gasteiger partial charge is 0.488 e. The Kier molecular flexibility index (Phi) is 6.09. The lowest BCUT2D eigenvalue weighted by molar-refractivity contribution is -0.119. The van der Waals surface area contributed by atoms with Gasteiger partial charge in [-0.15, -0.1) is 0 Å². The van der Waals surface area contributed by atoms with E-state index in [1.165, 1.54) is 0 Å². The fourth-order valence-corrected chi connectivity index (χ4v) is 4.73. The topological polar surface area (TPSA) is 53.0 Å². The summed E-state index contributed by atoms with van der Waals surface area (Å²) in [5.74, 6) is 1.60. The zero-order valence-electron chi connectivity index (χ0n) is 16.6. The van der Waals surface area contributed by atoms with Crippen molar-refractivity contribution in [3.8, 4) is 5.75 Å². The van der Waals surface area contributed by atoms with Crippen LogP contribution in [0.4, 0.5) is 5.69 Å². The summed E-state index contributed by atoms with van der Waals surface area (Å²) >= 11 is 6.04. The van der Waals surface area contributed by atoms with Crippen molar-refractivity contribution in [3.63, 3.8) is 0 Å². The van der Waals surface area contributed by atoms with Gasteiger partial charge in [0.2, 0.25) is 5.91 Å². The maximum absolute atomic E-state index is 12.7. The number of carbonyl (C=O) groups excluding carboxylic acids is 1. The summed E-state index contributed by atoms with van der Waals surface area (Å²) in [6, 6.07) is 17.0. The van der Waals surface area contributed by atoms with Crippen LogP contribution in [0.3, 0.4) is 0 Å². The molecule has 2 fully saturated rings. The first-order valence-electron chi connectivity index (χ1n) is 10.1. The first-order chi connectivity index (χ1) is 14.0. The Balaban J connectivity index is 1.34. The number of halogens is 1. The van der Waals surface area contributed by atoms with Crippen molar-refractivity contribution >= 4 is 23.2 Å². The summed E-state index contributed by atoms with van der Waals surface area (Å²) in [5, 5.41) is 11.2. The molecule has 0 radical (unpaired) electrons. The molecule has 2 aromatic rings. The number of carbonyl (C=O) groups is 1. The Morgan fingerprint density at radius 3 is 2.59 bits per heavy atom. The standard InChI is InChI=1S/C23H27ClN2O3/c1-25(19-7-3-2-4-8-19)23(28)15-26-13-16-10-21(27)22(11-17(16)14-26)29-20-9-5-6-18(24)12-20/h2-9,12,16-17,21-22,27H,10-11,13-15H2,1H3/t16-,17+,21+,22+/m0/s1. The molecule has 0 aromatic heterocycles. The molecule has 0 bridgehead atoms. The molecule has 1 amide bonds. The molecule has 29 heavy (non-hydrogen) atoms. The summed E-state index contributed by atoms with van der Waals surface area (Å²) in [5.41, 5.74) is 0.902. The molecular formula is C23H27ClN2O3. The smallest absolute Gasteiger partial charge is 0.240 e. The van der Waals surface area contributed by atoms with Gasteiger partial charge in [-0.2, -0.15) is 0 Å². The molecule has 1 saturated heterocycles. The second-order valence-electron chi connectivity index (χ2n) is 8.15. The van der Waals surface area contributed by atoms with Gasteiger partial charge in [-0.3, -0.25) is 9.69 Å². The average Bonchev–Trinajstić information content (AvgIpc) is 3.09. The number of nitrogens with zero attached hydrogens (tertiary/aromatic N) is 2. The molecule has 0 unspecified atom stereocenters. The monoisotopic (exact) mass is 414 g/mol. The number of aliphatic hydroxyl groups is 1. The maximum atomic E-state index is 12.7. The van der Waals surface area contributed by atoms with E-state index in [0.29, 0.717) is 35.6 Å². The minimum absolute atomic E-state index is 0.0853. The van der Waals surface area contributed by atoms with E-state index in [1.807, 2.05) is 49.5 Å². The van der Waals surface area contributed by atoms with Crippen LogP contribution < -0.4 is 9.64 Å². The Morgan fingerprint density at radius 1 is 1.14 bits per heavy atom. The van der Waals surface area contributed by atoms with Crippen molar-refractivity contribution in [1.29, 1.82) is 0 Å². The number of amides is 1. The van der Waals surface area contributed by atoms with Gasteiger partial charge in [-0.05, 0) is 55.0 Å². The van der Waals surface area contributed by atoms with Gasteiger partial charge in [0.25, 0.3) is 0 Å². The van der Waals surface area contributed by atoms with Crippen LogP contribution in [-0.4, -0.2) is 54.8 Å². The predicted octanol–water partition coefficient (Wildman–Crippen LogP) is 3.45. The lowest BCUT2D eigenvalue weighted by Gasteiger charge is -2.35. The van der Waals surface area contributed by atoms with Crippen molar-refractivity contribution in [2.24, 2.45) is 11.8 Å². The van der Waals surface area contributed by atoms with E-state index in [4.69, 9.17) is 16.3 Å². The summed E-state index contributed by atoms with van der Waals surface area (Å²) in [6.45, 7) is 2.11. The van der Waals surface area contributed by atoms with Gasteiger partial charge < -0.3 is 14.7 Å². The predicted molar refractivity (Wildman–Crippen MR) is 114 cm³/mol. The Labute approximate surface area is 176 Å². The normalized spacial score (nSPS) is 26.7. The van der Waals surface area contributed by atoms with Crippen LogP contribution in [0, 0.1) is 11.8 Å². The number of fused-ring (bicyclic) bond motifs is 1. The van der Waals surface area contributed by atoms with Crippen molar-refractivity contribution in [1.82, 2.24) is 4.90 Å². The lowest BCUT2D eigenvalue weighted by Crippen LogP contribution is -2.42. The van der Waals surface area contributed by atoms with Crippen LogP contribution in [0.25, 0.3) is 0 Å². The number of ether oxygens (including phenoxy) is 1. The number of hydrogen-bond donors (Lipinski definition) is 1. The minimum Gasteiger partial charge on any atom is -0.488 e. The zero-order chi connectivity index (χ0) is 20.4. The summed E-state index contributed by atoms with van der Waals surface area (Å²) in [7, 11) is 1.82. The number of aliphatic hydroxyl groups excluding tert-OH is 1. The van der Waals surface area contributed by atoms with Crippen LogP contribution in [-0.2, 0) is 4.79 Å². The zero-order valence-corrected chi connectivity index (χ0v) is 17.3. The third-order valence-electron chi connectivity index (χ3n) is 6.12. The van der Waals surface area contributed by atoms with Crippen molar-refractivity contribution < 1.29 is 14.6 Å². The number of anilines is 1. The molecule has 5 nitrogen and oxygen atoms in total. The molecule has 1 aliphatic carbocycles. The van der Waals surface area contributed by atoms with Crippen LogP contribution in [0.5, 0.6) is 5.75 Å². The molecule has 0 spiro atoms. The highest BCUT2D eigenvalue weighted by Crippen LogP contribution is 2.38. The van der Waals surface area contributed by atoms with E-state index in [1.54, 1.807) is 17.0 Å². The number of hydrogen-bond acceptors (Lipinski definition) is 4. The summed E-state index contributed by atoms with van der Waals surface area (Å²) < 4.78 is 6.04. The molecule has 1 aliphatic heterocycles. The van der Waals surface area contributed by atoms with Gasteiger partial charge in [-0.25, -0.2) is 0 Å². The van der Waals surface area contributed by atoms with Crippen LogP contribution in [0.1, 0.15) is 12.8 Å². The third-order valence-corrected chi connectivity index (χ3v) is 6.36. The van der Waals surface area contributed by atoms with Gasteiger partial charge in [0.05, 0.1) is 12.6 Å². The van der Waals surface area contributed by atoms with Crippen molar-refractivity contribution in [2.45, 2.75) is 25.0 Å². The van der Waals surface area contributed by atoms with Gasteiger partial charge in [-0.1, -0.05) is 35.9 Å². The van der Waals surface area contributed by atoms with Gasteiger partial charge in [0, 0.05) is 30.8 Å². The number of para-hydroxylation sites is 1. The molecule has 2 aromatic carbocycles. The number of likely N-dealkylation sites (N-methyl/N-ethyl adjacent to an activating group) is 1. The molecular weight excluding hydrogens is 388 g/mol.